The van der Waals surface area contributed by atoms with E-state index in [-0.39, 0.29) is 0 Å². The Hall–Kier alpha value is -0.900. The Morgan fingerprint density at radius 3 is 3.14 bits per heavy atom. The smallest absolute Gasteiger partial charge is 0.168 e. The Morgan fingerprint density at radius 1 is 1.50 bits per heavy atom. The van der Waals surface area contributed by atoms with Crippen molar-refractivity contribution >= 4 is 18.0 Å². The van der Waals surface area contributed by atoms with Gasteiger partial charge in [-0.3, -0.25) is 4.79 Å². The summed E-state index contributed by atoms with van der Waals surface area (Å²) in [6.45, 7) is 0. The lowest BCUT2D eigenvalue weighted by Gasteiger charge is -2.19. The Morgan fingerprint density at radius 2 is 2.43 bits per heavy atom. The second-order valence-electron chi connectivity index (χ2n) is 3.31. The predicted molar refractivity (Wildman–Crippen MR) is 56.5 cm³/mol. The molecule has 0 saturated carbocycles. The molecule has 0 spiro atoms. The number of aromatic nitrogens is 2. The molecule has 0 radical (unpaired) electrons. The second-order valence-corrected chi connectivity index (χ2v) is 4.62. The minimum Gasteiger partial charge on any atom is -0.296 e. The first-order chi connectivity index (χ1) is 6.90. The van der Waals surface area contributed by atoms with Crippen molar-refractivity contribution in [3.8, 4) is 0 Å². The second kappa shape index (κ2) is 4.55. The Bertz CT molecular complexity index is 324. The molecule has 1 aromatic rings. The molecular formula is C10H12N2OS. The molecular weight excluding hydrogens is 196 g/mol. The lowest BCUT2D eigenvalue weighted by molar-refractivity contribution is 0.111. The number of rotatable bonds is 2. The molecule has 0 aliphatic carbocycles. The molecule has 0 aromatic carbocycles. The van der Waals surface area contributed by atoms with Crippen molar-refractivity contribution in [2.75, 3.05) is 5.75 Å². The Labute approximate surface area is 87.3 Å². The van der Waals surface area contributed by atoms with E-state index in [1.165, 1.54) is 18.6 Å². The highest BCUT2D eigenvalue weighted by Crippen LogP contribution is 2.36. The van der Waals surface area contributed by atoms with Gasteiger partial charge in [0.25, 0.3) is 0 Å². The molecule has 74 valence electrons. The summed E-state index contributed by atoms with van der Waals surface area (Å²) in [6.07, 6.45) is 6.10. The first-order valence-electron chi connectivity index (χ1n) is 4.80. The maximum atomic E-state index is 10.5. The summed E-state index contributed by atoms with van der Waals surface area (Å²) >= 11 is 1.89. The summed E-state index contributed by atoms with van der Waals surface area (Å²) in [6, 6.07) is 1.64. The van der Waals surface area contributed by atoms with Crippen molar-refractivity contribution < 1.29 is 4.79 Å². The molecule has 3 nitrogen and oxygen atoms in total. The summed E-state index contributed by atoms with van der Waals surface area (Å²) < 4.78 is 0. The van der Waals surface area contributed by atoms with E-state index in [4.69, 9.17) is 0 Å². The summed E-state index contributed by atoms with van der Waals surface area (Å²) in [5, 5.41) is 0.392. The van der Waals surface area contributed by atoms with Crippen LogP contribution in [-0.4, -0.2) is 22.0 Å². The standard InChI is InChI=1S/C10H12N2OS/c13-7-8-4-5-11-10(12-8)9-3-1-2-6-14-9/h4-5,7,9H,1-3,6H2. The summed E-state index contributed by atoms with van der Waals surface area (Å²) in [7, 11) is 0. The molecule has 1 aromatic heterocycles. The third-order valence-corrected chi connectivity index (χ3v) is 3.66. The zero-order valence-corrected chi connectivity index (χ0v) is 8.67. The van der Waals surface area contributed by atoms with Gasteiger partial charge in [0.15, 0.2) is 6.29 Å². The number of hydrogen-bond acceptors (Lipinski definition) is 4. The summed E-state index contributed by atoms with van der Waals surface area (Å²) in [5.74, 6) is 2.00. The highest BCUT2D eigenvalue weighted by molar-refractivity contribution is 7.99. The van der Waals surface area contributed by atoms with E-state index in [0.717, 1.165) is 18.5 Å². The van der Waals surface area contributed by atoms with Crippen LogP contribution >= 0.6 is 11.8 Å². The van der Waals surface area contributed by atoms with Crippen molar-refractivity contribution in [1.82, 2.24) is 9.97 Å². The van der Waals surface area contributed by atoms with Gasteiger partial charge < -0.3 is 0 Å². The fourth-order valence-electron chi connectivity index (χ4n) is 1.55. The van der Waals surface area contributed by atoms with Gasteiger partial charge in [0.2, 0.25) is 0 Å². The van der Waals surface area contributed by atoms with E-state index in [1.54, 1.807) is 12.3 Å². The van der Waals surface area contributed by atoms with Crippen LogP contribution in [0.3, 0.4) is 0 Å². The molecule has 1 saturated heterocycles. The molecule has 1 aliphatic heterocycles. The molecule has 1 fully saturated rings. The lowest BCUT2D eigenvalue weighted by atomic mass is 10.2. The normalized spacial score (nSPS) is 21.9. The maximum Gasteiger partial charge on any atom is 0.168 e. The number of nitrogens with zero attached hydrogens (tertiary/aromatic N) is 2. The van der Waals surface area contributed by atoms with Crippen LogP contribution in [0, 0.1) is 0 Å². The monoisotopic (exact) mass is 208 g/mol. The van der Waals surface area contributed by atoms with Crippen molar-refractivity contribution in [3.05, 3.63) is 23.8 Å². The van der Waals surface area contributed by atoms with Crippen LogP contribution in [0.5, 0.6) is 0 Å². The van der Waals surface area contributed by atoms with Crippen molar-refractivity contribution in [1.29, 1.82) is 0 Å². The van der Waals surface area contributed by atoms with E-state index in [0.29, 0.717) is 10.9 Å². The largest absolute Gasteiger partial charge is 0.296 e. The fourth-order valence-corrected chi connectivity index (χ4v) is 2.80. The average molecular weight is 208 g/mol. The molecule has 0 bridgehead atoms. The maximum absolute atomic E-state index is 10.5. The number of carbonyl (C=O) groups is 1. The minimum absolute atomic E-state index is 0.392. The van der Waals surface area contributed by atoms with Gasteiger partial charge >= 0.3 is 0 Å². The van der Waals surface area contributed by atoms with E-state index in [2.05, 4.69) is 9.97 Å². The molecule has 1 atom stereocenters. The van der Waals surface area contributed by atoms with Crippen molar-refractivity contribution in [3.63, 3.8) is 0 Å². The van der Waals surface area contributed by atoms with E-state index in [9.17, 15) is 4.79 Å². The molecule has 14 heavy (non-hydrogen) atoms. The van der Waals surface area contributed by atoms with Gasteiger partial charge in [-0.2, -0.15) is 11.8 Å². The van der Waals surface area contributed by atoms with E-state index < -0.39 is 0 Å². The molecule has 2 heterocycles. The molecule has 1 unspecified atom stereocenters. The zero-order valence-electron chi connectivity index (χ0n) is 7.85. The molecule has 4 heteroatoms. The van der Waals surface area contributed by atoms with Crippen molar-refractivity contribution in [2.45, 2.75) is 24.5 Å². The van der Waals surface area contributed by atoms with Crippen LogP contribution in [0.25, 0.3) is 0 Å². The van der Waals surface area contributed by atoms with E-state index in [1.807, 2.05) is 11.8 Å². The lowest BCUT2D eigenvalue weighted by Crippen LogP contribution is -2.07. The molecule has 2 rings (SSSR count). The molecule has 1 aliphatic rings. The van der Waals surface area contributed by atoms with Gasteiger partial charge in [0.05, 0.1) is 5.25 Å². The third-order valence-electron chi connectivity index (χ3n) is 2.28. The van der Waals surface area contributed by atoms with Gasteiger partial charge in [-0.1, -0.05) is 6.42 Å². The topological polar surface area (TPSA) is 42.9 Å². The van der Waals surface area contributed by atoms with Crippen LogP contribution in [0.4, 0.5) is 0 Å². The van der Waals surface area contributed by atoms with Crippen molar-refractivity contribution in [2.24, 2.45) is 0 Å². The number of hydrogen-bond donors (Lipinski definition) is 0. The molecule has 0 amide bonds. The summed E-state index contributed by atoms with van der Waals surface area (Å²) in [5.41, 5.74) is 0.487. The predicted octanol–water partition coefficient (Wildman–Crippen LogP) is 2.25. The van der Waals surface area contributed by atoms with Gasteiger partial charge in [0, 0.05) is 6.20 Å². The van der Waals surface area contributed by atoms with Crippen LogP contribution in [0.2, 0.25) is 0 Å². The number of aldehydes is 1. The van der Waals surface area contributed by atoms with Gasteiger partial charge in [-0.25, -0.2) is 9.97 Å². The van der Waals surface area contributed by atoms with Crippen LogP contribution < -0.4 is 0 Å². The Balaban J connectivity index is 2.17. The van der Waals surface area contributed by atoms with Gasteiger partial charge in [-0.05, 0) is 24.7 Å². The first kappa shape index (κ1) is 9.65. The van der Waals surface area contributed by atoms with Crippen LogP contribution in [-0.2, 0) is 0 Å². The SMILES string of the molecule is O=Cc1ccnc(C2CCCCS2)n1. The quantitative estimate of drug-likeness (QED) is 0.699. The third kappa shape index (κ3) is 2.12. The minimum atomic E-state index is 0.392. The highest BCUT2D eigenvalue weighted by Gasteiger charge is 2.18. The van der Waals surface area contributed by atoms with Crippen LogP contribution in [0.15, 0.2) is 12.3 Å². The van der Waals surface area contributed by atoms with E-state index >= 15 is 0 Å². The first-order valence-corrected chi connectivity index (χ1v) is 5.85. The van der Waals surface area contributed by atoms with Gasteiger partial charge in [0.1, 0.15) is 11.5 Å². The zero-order chi connectivity index (χ0) is 9.80. The van der Waals surface area contributed by atoms with Crippen LogP contribution in [0.1, 0.15) is 40.8 Å². The summed E-state index contributed by atoms with van der Waals surface area (Å²) in [4.78, 5) is 19.0. The number of carbonyl (C=O) groups excluding carboxylic acids is 1. The highest BCUT2D eigenvalue weighted by atomic mass is 32.2. The Kier molecular flexibility index (Phi) is 3.14. The van der Waals surface area contributed by atoms with Gasteiger partial charge in [-0.15, -0.1) is 0 Å². The average Bonchev–Trinajstić information content (AvgIpc) is 2.30. The molecule has 0 N–H and O–H groups in total. The number of thioether (sulfide) groups is 1. The fraction of sp³-hybridized carbons (Fsp3) is 0.500.